The maximum absolute atomic E-state index is 6.25. The molecule has 3 atom stereocenters. The molecule has 0 spiro atoms. The summed E-state index contributed by atoms with van der Waals surface area (Å²) in [5.74, 6) is 1.66. The third-order valence-electron chi connectivity index (χ3n) is 4.56. The van der Waals surface area contributed by atoms with Gasteiger partial charge in [0.2, 0.25) is 0 Å². The number of rotatable bonds is 5. The maximum atomic E-state index is 6.25. The highest BCUT2D eigenvalue weighted by molar-refractivity contribution is 4.82. The molecular formula is C14H29NO. The monoisotopic (exact) mass is 227 g/mol. The zero-order valence-electron chi connectivity index (χ0n) is 11.5. The molecule has 0 aromatic carbocycles. The lowest BCUT2D eigenvalue weighted by atomic mass is 9.80. The normalized spacial score (nSPS) is 31.7. The fourth-order valence-electron chi connectivity index (χ4n) is 2.39. The lowest BCUT2D eigenvalue weighted by Gasteiger charge is -2.35. The topological polar surface area (TPSA) is 35.2 Å². The van der Waals surface area contributed by atoms with Crippen molar-refractivity contribution in [1.29, 1.82) is 0 Å². The molecule has 0 aliphatic heterocycles. The van der Waals surface area contributed by atoms with E-state index < -0.39 is 0 Å². The molecule has 2 heteroatoms. The van der Waals surface area contributed by atoms with Gasteiger partial charge in [-0.05, 0) is 43.9 Å². The van der Waals surface area contributed by atoms with Crippen molar-refractivity contribution in [2.75, 3.05) is 6.61 Å². The van der Waals surface area contributed by atoms with Gasteiger partial charge in [-0.15, -0.1) is 0 Å². The molecule has 1 rings (SSSR count). The van der Waals surface area contributed by atoms with Gasteiger partial charge in [0.25, 0.3) is 0 Å². The summed E-state index contributed by atoms with van der Waals surface area (Å²) >= 11 is 0. The molecular weight excluding hydrogens is 198 g/mol. The van der Waals surface area contributed by atoms with Crippen LogP contribution in [0.4, 0.5) is 0 Å². The average molecular weight is 227 g/mol. The Morgan fingerprint density at radius 1 is 1.12 bits per heavy atom. The van der Waals surface area contributed by atoms with Crippen LogP contribution in [0.5, 0.6) is 0 Å². The van der Waals surface area contributed by atoms with E-state index in [-0.39, 0.29) is 5.54 Å². The second kappa shape index (κ2) is 6.02. The average Bonchev–Trinajstić information content (AvgIpc) is 2.30. The molecule has 1 aliphatic rings. The lowest BCUT2D eigenvalue weighted by Crippen LogP contribution is -2.44. The second-order valence-electron chi connectivity index (χ2n) is 5.77. The van der Waals surface area contributed by atoms with Gasteiger partial charge in [-0.3, -0.25) is 0 Å². The molecule has 1 fully saturated rings. The summed E-state index contributed by atoms with van der Waals surface area (Å²) in [5.41, 5.74) is 6.15. The summed E-state index contributed by atoms with van der Waals surface area (Å²) < 4.78 is 6.02. The molecule has 0 saturated heterocycles. The van der Waals surface area contributed by atoms with Crippen LogP contribution in [0.2, 0.25) is 0 Å². The first-order valence-corrected chi connectivity index (χ1v) is 6.91. The van der Waals surface area contributed by atoms with Crippen LogP contribution in [0.3, 0.4) is 0 Å². The molecule has 0 heterocycles. The van der Waals surface area contributed by atoms with Crippen molar-refractivity contribution in [2.24, 2.45) is 17.6 Å². The predicted octanol–water partition coefficient (Wildman–Crippen LogP) is 3.35. The standard InChI is InChI=1S/C14H29NO/c1-5-14(15,6-2)10-16-13-8-7-11(3)12(4)9-13/h11-13H,5-10,15H2,1-4H3. The molecule has 0 aromatic rings. The van der Waals surface area contributed by atoms with Crippen molar-refractivity contribution >= 4 is 0 Å². The van der Waals surface area contributed by atoms with Crippen LogP contribution in [0, 0.1) is 11.8 Å². The summed E-state index contributed by atoms with van der Waals surface area (Å²) in [4.78, 5) is 0. The van der Waals surface area contributed by atoms with Crippen LogP contribution in [0.15, 0.2) is 0 Å². The Labute approximate surface area is 101 Å². The highest BCUT2D eigenvalue weighted by Crippen LogP contribution is 2.31. The van der Waals surface area contributed by atoms with Crippen LogP contribution >= 0.6 is 0 Å². The summed E-state index contributed by atoms with van der Waals surface area (Å²) in [6, 6.07) is 0. The second-order valence-corrected chi connectivity index (χ2v) is 5.77. The fourth-order valence-corrected chi connectivity index (χ4v) is 2.39. The van der Waals surface area contributed by atoms with E-state index in [0.29, 0.717) is 6.10 Å². The Kier molecular flexibility index (Phi) is 5.26. The van der Waals surface area contributed by atoms with Gasteiger partial charge in [0.05, 0.1) is 12.7 Å². The lowest BCUT2D eigenvalue weighted by molar-refractivity contribution is -0.0219. The minimum Gasteiger partial charge on any atom is -0.376 e. The molecule has 0 radical (unpaired) electrons. The number of nitrogens with two attached hydrogens (primary N) is 1. The molecule has 0 aromatic heterocycles. The van der Waals surface area contributed by atoms with Crippen LogP contribution < -0.4 is 5.73 Å². The van der Waals surface area contributed by atoms with Crippen LogP contribution in [0.25, 0.3) is 0 Å². The Hall–Kier alpha value is -0.0800. The first kappa shape index (κ1) is 14.0. The molecule has 2 N–H and O–H groups in total. The fraction of sp³-hybridized carbons (Fsp3) is 1.00. The van der Waals surface area contributed by atoms with E-state index in [1.807, 2.05) is 0 Å². The van der Waals surface area contributed by atoms with E-state index >= 15 is 0 Å². The minimum atomic E-state index is -0.105. The summed E-state index contributed by atoms with van der Waals surface area (Å²) in [5, 5.41) is 0. The van der Waals surface area contributed by atoms with Crippen molar-refractivity contribution < 1.29 is 4.74 Å². The number of hydrogen-bond acceptors (Lipinski definition) is 2. The molecule has 3 unspecified atom stereocenters. The Morgan fingerprint density at radius 3 is 2.25 bits per heavy atom. The van der Waals surface area contributed by atoms with Crippen molar-refractivity contribution in [3.05, 3.63) is 0 Å². The molecule has 2 nitrogen and oxygen atoms in total. The van der Waals surface area contributed by atoms with E-state index in [9.17, 15) is 0 Å². The summed E-state index contributed by atoms with van der Waals surface area (Å²) in [6.45, 7) is 9.73. The third-order valence-corrected chi connectivity index (χ3v) is 4.56. The van der Waals surface area contributed by atoms with E-state index in [2.05, 4.69) is 27.7 Å². The van der Waals surface area contributed by atoms with Crippen molar-refractivity contribution in [2.45, 2.75) is 71.4 Å². The van der Waals surface area contributed by atoms with Gasteiger partial charge in [0.15, 0.2) is 0 Å². The van der Waals surface area contributed by atoms with Gasteiger partial charge in [0, 0.05) is 5.54 Å². The summed E-state index contributed by atoms with van der Waals surface area (Å²) in [7, 11) is 0. The van der Waals surface area contributed by atoms with Gasteiger partial charge in [-0.1, -0.05) is 27.7 Å². The number of ether oxygens (including phenoxy) is 1. The Balaban J connectivity index is 2.33. The van der Waals surface area contributed by atoms with Gasteiger partial charge < -0.3 is 10.5 Å². The van der Waals surface area contributed by atoms with E-state index in [1.165, 1.54) is 19.3 Å². The first-order valence-electron chi connectivity index (χ1n) is 6.91. The SMILES string of the molecule is CCC(N)(CC)COC1CCC(C)C(C)C1. The zero-order chi connectivity index (χ0) is 12.2. The summed E-state index contributed by atoms with van der Waals surface area (Å²) in [6.07, 6.45) is 6.19. The molecule has 0 bridgehead atoms. The van der Waals surface area contributed by atoms with Crippen molar-refractivity contribution in [3.8, 4) is 0 Å². The Bertz CT molecular complexity index is 201. The smallest absolute Gasteiger partial charge is 0.0649 e. The molecule has 1 saturated carbocycles. The van der Waals surface area contributed by atoms with Crippen LogP contribution in [0.1, 0.15) is 59.8 Å². The first-order chi connectivity index (χ1) is 7.50. The van der Waals surface area contributed by atoms with Crippen molar-refractivity contribution in [1.82, 2.24) is 0 Å². The quantitative estimate of drug-likeness (QED) is 0.781. The van der Waals surface area contributed by atoms with Crippen LogP contribution in [-0.2, 0) is 4.74 Å². The molecule has 1 aliphatic carbocycles. The predicted molar refractivity (Wildman–Crippen MR) is 69.4 cm³/mol. The minimum absolute atomic E-state index is 0.105. The molecule has 96 valence electrons. The molecule has 0 amide bonds. The van der Waals surface area contributed by atoms with E-state index in [4.69, 9.17) is 10.5 Å². The maximum Gasteiger partial charge on any atom is 0.0649 e. The van der Waals surface area contributed by atoms with Gasteiger partial charge in [-0.2, -0.15) is 0 Å². The highest BCUT2D eigenvalue weighted by Gasteiger charge is 2.27. The zero-order valence-corrected chi connectivity index (χ0v) is 11.5. The number of hydrogen-bond donors (Lipinski definition) is 1. The molecule has 16 heavy (non-hydrogen) atoms. The highest BCUT2D eigenvalue weighted by atomic mass is 16.5. The largest absolute Gasteiger partial charge is 0.376 e. The van der Waals surface area contributed by atoms with Gasteiger partial charge in [0.1, 0.15) is 0 Å². The van der Waals surface area contributed by atoms with Gasteiger partial charge >= 0.3 is 0 Å². The van der Waals surface area contributed by atoms with E-state index in [0.717, 1.165) is 31.3 Å². The van der Waals surface area contributed by atoms with E-state index in [1.54, 1.807) is 0 Å². The van der Waals surface area contributed by atoms with Gasteiger partial charge in [-0.25, -0.2) is 0 Å². The van der Waals surface area contributed by atoms with Crippen molar-refractivity contribution in [3.63, 3.8) is 0 Å². The Morgan fingerprint density at radius 2 is 1.75 bits per heavy atom. The third kappa shape index (κ3) is 3.74. The van der Waals surface area contributed by atoms with Crippen LogP contribution in [-0.4, -0.2) is 18.2 Å².